The van der Waals surface area contributed by atoms with Crippen molar-refractivity contribution in [1.82, 2.24) is 20.1 Å². The average Bonchev–Trinajstić information content (AvgIpc) is 3.20. The molecule has 1 heterocycles. The van der Waals surface area contributed by atoms with Crippen molar-refractivity contribution in [3.8, 4) is 5.69 Å². The largest absolute Gasteiger partial charge is 0.345 e. The Morgan fingerprint density at radius 1 is 1.00 bits per heavy atom. The molecule has 0 aliphatic rings. The maximum absolute atomic E-state index is 12.7. The maximum Gasteiger partial charge on any atom is 0.251 e. The number of nitrogens with one attached hydrogen (secondary N) is 1. The summed E-state index contributed by atoms with van der Waals surface area (Å²) >= 11 is 14.3. The van der Waals surface area contributed by atoms with Crippen molar-refractivity contribution < 1.29 is 4.79 Å². The van der Waals surface area contributed by atoms with Crippen molar-refractivity contribution >= 4 is 40.9 Å². The summed E-state index contributed by atoms with van der Waals surface area (Å²) < 4.78 is 1.85. The predicted molar refractivity (Wildman–Crippen MR) is 134 cm³/mol. The van der Waals surface area contributed by atoms with Crippen molar-refractivity contribution in [2.24, 2.45) is 0 Å². The number of carbonyl (C=O) groups is 1. The molecule has 3 aromatic carbocycles. The molecule has 0 spiro atoms. The normalized spacial score (nSPS) is 10.9. The van der Waals surface area contributed by atoms with Crippen molar-refractivity contribution in [3.05, 3.63) is 105 Å². The number of rotatable bonds is 7. The zero-order chi connectivity index (χ0) is 23.4. The van der Waals surface area contributed by atoms with Crippen molar-refractivity contribution in [3.63, 3.8) is 0 Å². The van der Waals surface area contributed by atoms with Crippen LogP contribution in [0.15, 0.2) is 71.9 Å². The standard InChI is InChI=1S/C25H22Cl2N4OS/c1-16-6-5-8-18(12-16)15-33-25-30-29-23(31(25)22-13-19(26)10-11-21(22)27)14-28-24(32)20-9-4-3-7-17(20)2/h3-13H,14-15H2,1-2H3,(H,28,32). The predicted octanol–water partition coefficient (Wildman–Crippen LogP) is 6.41. The fourth-order valence-electron chi connectivity index (χ4n) is 3.44. The molecule has 0 bridgehead atoms. The third kappa shape index (κ3) is 5.58. The minimum Gasteiger partial charge on any atom is -0.345 e. The van der Waals surface area contributed by atoms with E-state index in [1.54, 1.807) is 36.0 Å². The Balaban J connectivity index is 1.63. The van der Waals surface area contributed by atoms with E-state index in [1.165, 1.54) is 11.1 Å². The van der Waals surface area contributed by atoms with Crippen LogP contribution < -0.4 is 5.32 Å². The van der Waals surface area contributed by atoms with Gasteiger partial charge in [0.05, 0.1) is 17.3 Å². The van der Waals surface area contributed by atoms with Crippen LogP contribution in [0.2, 0.25) is 10.0 Å². The van der Waals surface area contributed by atoms with Crippen LogP contribution in [0.1, 0.15) is 32.9 Å². The summed E-state index contributed by atoms with van der Waals surface area (Å²) in [6.45, 7) is 4.16. The van der Waals surface area contributed by atoms with Crippen LogP contribution in [0.25, 0.3) is 5.69 Å². The number of aryl methyl sites for hydroxylation is 2. The second-order valence-corrected chi connectivity index (χ2v) is 9.39. The van der Waals surface area contributed by atoms with Gasteiger partial charge in [0.2, 0.25) is 0 Å². The lowest BCUT2D eigenvalue weighted by Gasteiger charge is -2.13. The second kappa shape index (κ2) is 10.4. The first-order chi connectivity index (χ1) is 15.9. The first-order valence-corrected chi connectivity index (χ1v) is 12.1. The highest BCUT2D eigenvalue weighted by Gasteiger charge is 2.19. The van der Waals surface area contributed by atoms with E-state index in [1.807, 2.05) is 35.8 Å². The fourth-order valence-corrected chi connectivity index (χ4v) is 4.71. The molecule has 0 unspecified atom stereocenters. The molecule has 1 aromatic heterocycles. The monoisotopic (exact) mass is 496 g/mol. The Hall–Kier alpha value is -2.80. The number of nitrogens with zero attached hydrogens (tertiary/aromatic N) is 3. The van der Waals surface area contributed by atoms with E-state index in [9.17, 15) is 4.79 Å². The smallest absolute Gasteiger partial charge is 0.251 e. The van der Waals surface area contributed by atoms with Crippen LogP contribution in [0.3, 0.4) is 0 Å². The van der Waals surface area contributed by atoms with Gasteiger partial charge in [-0.25, -0.2) is 0 Å². The van der Waals surface area contributed by atoms with Gasteiger partial charge in [-0.1, -0.05) is 83.0 Å². The van der Waals surface area contributed by atoms with Crippen LogP contribution in [0, 0.1) is 13.8 Å². The van der Waals surface area contributed by atoms with Crippen LogP contribution in [0.5, 0.6) is 0 Å². The van der Waals surface area contributed by atoms with Gasteiger partial charge in [-0.05, 0) is 49.2 Å². The molecular formula is C25H22Cl2N4OS. The average molecular weight is 497 g/mol. The van der Waals surface area contributed by atoms with Crippen LogP contribution in [-0.2, 0) is 12.3 Å². The molecule has 1 amide bonds. The van der Waals surface area contributed by atoms with Crippen LogP contribution in [-0.4, -0.2) is 20.7 Å². The van der Waals surface area contributed by atoms with E-state index in [-0.39, 0.29) is 12.5 Å². The number of hydrogen-bond acceptors (Lipinski definition) is 4. The van der Waals surface area contributed by atoms with Gasteiger partial charge in [0.15, 0.2) is 11.0 Å². The van der Waals surface area contributed by atoms with E-state index >= 15 is 0 Å². The topological polar surface area (TPSA) is 59.8 Å². The molecule has 0 radical (unpaired) electrons. The van der Waals surface area contributed by atoms with Gasteiger partial charge in [0.25, 0.3) is 5.91 Å². The second-order valence-electron chi connectivity index (χ2n) is 7.61. The third-order valence-electron chi connectivity index (χ3n) is 5.10. The summed E-state index contributed by atoms with van der Waals surface area (Å²) in [6, 6.07) is 21.0. The fraction of sp³-hybridized carbons (Fsp3) is 0.160. The number of amides is 1. The summed E-state index contributed by atoms with van der Waals surface area (Å²) in [4.78, 5) is 12.7. The Morgan fingerprint density at radius 2 is 1.82 bits per heavy atom. The number of hydrogen-bond donors (Lipinski definition) is 1. The Bertz CT molecular complexity index is 1310. The lowest BCUT2D eigenvalue weighted by atomic mass is 10.1. The first kappa shape index (κ1) is 23.4. The molecular weight excluding hydrogens is 475 g/mol. The Kier molecular flexibility index (Phi) is 7.38. The lowest BCUT2D eigenvalue weighted by molar-refractivity contribution is 0.0949. The van der Waals surface area contributed by atoms with E-state index in [0.717, 1.165) is 5.56 Å². The SMILES string of the molecule is Cc1cccc(CSc2nnc(CNC(=O)c3ccccc3C)n2-c2cc(Cl)ccc2Cl)c1. The lowest BCUT2D eigenvalue weighted by Crippen LogP contribution is -2.25. The minimum atomic E-state index is -0.172. The van der Waals surface area contributed by atoms with Gasteiger partial charge in [-0.3, -0.25) is 9.36 Å². The van der Waals surface area contributed by atoms with Gasteiger partial charge >= 0.3 is 0 Å². The third-order valence-corrected chi connectivity index (χ3v) is 6.65. The maximum atomic E-state index is 12.7. The Morgan fingerprint density at radius 3 is 2.61 bits per heavy atom. The number of aromatic nitrogens is 3. The van der Waals surface area contributed by atoms with E-state index < -0.39 is 0 Å². The molecule has 8 heteroatoms. The zero-order valence-corrected chi connectivity index (χ0v) is 20.5. The van der Waals surface area contributed by atoms with Crippen molar-refractivity contribution in [2.45, 2.75) is 31.3 Å². The van der Waals surface area contributed by atoms with Crippen LogP contribution >= 0.6 is 35.0 Å². The molecule has 0 fully saturated rings. The quantitative estimate of drug-likeness (QED) is 0.300. The van der Waals surface area contributed by atoms with Gasteiger partial charge in [0.1, 0.15) is 0 Å². The first-order valence-electron chi connectivity index (χ1n) is 10.3. The number of thioether (sulfide) groups is 1. The molecule has 0 aliphatic carbocycles. The van der Waals surface area contributed by atoms with Crippen LogP contribution in [0.4, 0.5) is 0 Å². The number of benzene rings is 3. The molecule has 33 heavy (non-hydrogen) atoms. The highest BCUT2D eigenvalue weighted by Crippen LogP contribution is 2.31. The molecule has 0 saturated heterocycles. The molecule has 5 nitrogen and oxygen atoms in total. The zero-order valence-electron chi connectivity index (χ0n) is 18.2. The number of halogens is 2. The molecule has 0 atom stereocenters. The van der Waals surface area contributed by atoms with Gasteiger partial charge in [-0.15, -0.1) is 10.2 Å². The van der Waals surface area contributed by atoms with Crippen molar-refractivity contribution in [1.29, 1.82) is 0 Å². The molecule has 1 N–H and O–H groups in total. The van der Waals surface area contributed by atoms with Gasteiger partial charge in [-0.2, -0.15) is 0 Å². The van der Waals surface area contributed by atoms with Gasteiger partial charge < -0.3 is 5.32 Å². The summed E-state index contributed by atoms with van der Waals surface area (Å²) in [5.74, 6) is 1.11. The summed E-state index contributed by atoms with van der Waals surface area (Å²) in [7, 11) is 0. The molecule has 4 aromatic rings. The summed E-state index contributed by atoms with van der Waals surface area (Å²) in [6.07, 6.45) is 0. The molecule has 0 saturated carbocycles. The molecule has 4 rings (SSSR count). The van der Waals surface area contributed by atoms with Gasteiger partial charge in [0, 0.05) is 16.3 Å². The highest BCUT2D eigenvalue weighted by atomic mass is 35.5. The highest BCUT2D eigenvalue weighted by molar-refractivity contribution is 7.98. The summed E-state index contributed by atoms with van der Waals surface area (Å²) in [5, 5.41) is 13.4. The van der Waals surface area contributed by atoms with E-state index in [0.29, 0.717) is 38.0 Å². The van der Waals surface area contributed by atoms with E-state index in [4.69, 9.17) is 23.2 Å². The summed E-state index contributed by atoms with van der Waals surface area (Å²) in [5.41, 5.74) is 4.58. The molecule has 0 aliphatic heterocycles. The molecule has 168 valence electrons. The minimum absolute atomic E-state index is 0.172. The van der Waals surface area contributed by atoms with E-state index in [2.05, 4.69) is 40.6 Å². The van der Waals surface area contributed by atoms with Crippen molar-refractivity contribution in [2.75, 3.05) is 0 Å². The Labute approximate surface area is 207 Å². The number of carbonyl (C=O) groups excluding carboxylic acids is 1.